The Labute approximate surface area is 105 Å². The molecule has 0 saturated heterocycles. The molecule has 3 rings (SSSR count). The number of fused-ring (bicyclic) bond motifs is 1. The minimum absolute atomic E-state index is 0.0327. The normalized spacial score (nSPS) is 15.0. The Kier molecular flexibility index (Phi) is 2.73. The summed E-state index contributed by atoms with van der Waals surface area (Å²) in [4.78, 5) is 13.6. The van der Waals surface area contributed by atoms with Gasteiger partial charge in [-0.3, -0.25) is 4.79 Å². The number of hydrogen-bond acceptors (Lipinski definition) is 2. The van der Waals surface area contributed by atoms with Gasteiger partial charge in [0.15, 0.2) is 0 Å². The van der Waals surface area contributed by atoms with E-state index >= 15 is 0 Å². The van der Waals surface area contributed by atoms with E-state index in [1.54, 1.807) is 17.2 Å². The Morgan fingerprint density at radius 1 is 1.22 bits per heavy atom. The number of carbonyl (C=O) groups is 1. The Morgan fingerprint density at radius 2 is 2.00 bits per heavy atom. The number of hydrogen-bond donors (Lipinski definition) is 0. The monoisotopic (exact) mass is 239 g/mol. The highest BCUT2D eigenvalue weighted by molar-refractivity contribution is 5.95. The Morgan fingerprint density at radius 3 is 2.83 bits per heavy atom. The molecule has 90 valence electrons. The van der Waals surface area contributed by atoms with E-state index in [-0.39, 0.29) is 5.91 Å². The van der Waals surface area contributed by atoms with Crippen molar-refractivity contribution in [2.75, 3.05) is 13.1 Å². The number of benzene rings is 1. The van der Waals surface area contributed by atoms with Crippen molar-refractivity contribution >= 4 is 23.0 Å². The molecule has 1 aliphatic heterocycles. The zero-order valence-corrected chi connectivity index (χ0v) is 9.87. The average molecular weight is 239 g/mol. The van der Waals surface area contributed by atoms with Crippen molar-refractivity contribution in [3.63, 3.8) is 0 Å². The second-order valence-electron chi connectivity index (χ2n) is 4.24. The predicted molar refractivity (Wildman–Crippen MR) is 71.0 cm³/mol. The van der Waals surface area contributed by atoms with Crippen molar-refractivity contribution in [2.45, 2.75) is 0 Å². The average Bonchev–Trinajstić information content (AvgIpc) is 3.06. The second-order valence-corrected chi connectivity index (χ2v) is 4.24. The zero-order valence-electron chi connectivity index (χ0n) is 9.87. The van der Waals surface area contributed by atoms with E-state index in [2.05, 4.69) is 0 Å². The third-order valence-electron chi connectivity index (χ3n) is 3.05. The van der Waals surface area contributed by atoms with Crippen molar-refractivity contribution < 1.29 is 9.21 Å². The van der Waals surface area contributed by atoms with E-state index in [1.165, 1.54) is 0 Å². The van der Waals surface area contributed by atoms with E-state index in [0.717, 1.165) is 16.5 Å². The van der Waals surface area contributed by atoms with Crippen LogP contribution >= 0.6 is 0 Å². The lowest BCUT2D eigenvalue weighted by molar-refractivity contribution is -0.124. The maximum absolute atomic E-state index is 11.8. The summed E-state index contributed by atoms with van der Waals surface area (Å²) in [6, 6.07) is 7.79. The SMILES string of the molecule is O=C(C=Cc1coc2ccccc12)N1CC=CC1. The first-order chi connectivity index (χ1) is 8.84. The molecule has 0 N–H and O–H groups in total. The van der Waals surface area contributed by atoms with Gasteiger partial charge in [-0.05, 0) is 12.1 Å². The van der Waals surface area contributed by atoms with Crippen LogP contribution in [0.4, 0.5) is 0 Å². The third-order valence-corrected chi connectivity index (χ3v) is 3.05. The number of amides is 1. The van der Waals surface area contributed by atoms with Gasteiger partial charge in [-0.15, -0.1) is 0 Å². The van der Waals surface area contributed by atoms with Crippen molar-refractivity contribution in [1.29, 1.82) is 0 Å². The molecule has 0 fully saturated rings. The third kappa shape index (κ3) is 1.95. The maximum atomic E-state index is 11.8. The standard InChI is InChI=1S/C15H13NO2/c17-15(16-9-3-4-10-16)8-7-12-11-18-14-6-2-1-5-13(12)14/h1-8,11H,9-10H2. The Bertz CT molecular complexity index is 629. The van der Waals surface area contributed by atoms with Gasteiger partial charge in [-0.2, -0.15) is 0 Å². The molecule has 1 amide bonds. The van der Waals surface area contributed by atoms with E-state index in [4.69, 9.17) is 4.42 Å². The largest absolute Gasteiger partial charge is 0.464 e. The van der Waals surface area contributed by atoms with Crippen LogP contribution in [0, 0.1) is 0 Å². The van der Waals surface area contributed by atoms with E-state index < -0.39 is 0 Å². The molecule has 2 aromatic rings. The van der Waals surface area contributed by atoms with Crippen LogP contribution in [-0.4, -0.2) is 23.9 Å². The lowest BCUT2D eigenvalue weighted by Gasteiger charge is -2.11. The van der Waals surface area contributed by atoms with Gasteiger partial charge in [0.2, 0.25) is 5.91 Å². The zero-order chi connectivity index (χ0) is 12.4. The first-order valence-corrected chi connectivity index (χ1v) is 5.93. The van der Waals surface area contributed by atoms with Crippen molar-refractivity contribution in [3.05, 3.63) is 54.3 Å². The molecule has 1 aromatic heterocycles. The van der Waals surface area contributed by atoms with Gasteiger partial charge in [-0.1, -0.05) is 30.4 Å². The van der Waals surface area contributed by atoms with Crippen LogP contribution in [0.15, 0.2) is 53.2 Å². The van der Waals surface area contributed by atoms with Gasteiger partial charge in [-0.25, -0.2) is 0 Å². The fourth-order valence-corrected chi connectivity index (χ4v) is 2.05. The number of furan rings is 1. The quantitative estimate of drug-likeness (QED) is 0.596. The molecule has 0 unspecified atom stereocenters. The molecule has 0 radical (unpaired) electrons. The first kappa shape index (κ1) is 10.8. The van der Waals surface area contributed by atoms with E-state index in [1.807, 2.05) is 42.5 Å². The van der Waals surface area contributed by atoms with Gasteiger partial charge >= 0.3 is 0 Å². The van der Waals surface area contributed by atoms with Crippen LogP contribution in [0.5, 0.6) is 0 Å². The summed E-state index contributed by atoms with van der Waals surface area (Å²) in [6.45, 7) is 1.41. The topological polar surface area (TPSA) is 33.5 Å². The number of nitrogens with zero attached hydrogens (tertiary/aromatic N) is 1. The molecule has 3 nitrogen and oxygen atoms in total. The van der Waals surface area contributed by atoms with Gasteiger partial charge < -0.3 is 9.32 Å². The van der Waals surface area contributed by atoms with Gasteiger partial charge in [0.05, 0.1) is 6.26 Å². The summed E-state index contributed by atoms with van der Waals surface area (Å²) < 4.78 is 5.42. The van der Waals surface area contributed by atoms with Crippen molar-refractivity contribution in [2.24, 2.45) is 0 Å². The molecule has 0 bridgehead atoms. The van der Waals surface area contributed by atoms with Gasteiger partial charge in [0.1, 0.15) is 5.58 Å². The van der Waals surface area contributed by atoms with Crippen molar-refractivity contribution in [3.8, 4) is 0 Å². The van der Waals surface area contributed by atoms with Gasteiger partial charge in [0.25, 0.3) is 0 Å². The van der Waals surface area contributed by atoms with Crippen LogP contribution in [0.1, 0.15) is 5.56 Å². The molecule has 1 aliphatic rings. The fraction of sp³-hybridized carbons (Fsp3) is 0.133. The summed E-state index contributed by atoms with van der Waals surface area (Å²) >= 11 is 0. The van der Waals surface area contributed by atoms with Crippen LogP contribution < -0.4 is 0 Å². The molecule has 0 aliphatic carbocycles. The molecule has 2 heterocycles. The predicted octanol–water partition coefficient (Wildman–Crippen LogP) is 2.84. The Balaban J connectivity index is 1.81. The van der Waals surface area contributed by atoms with Gasteiger partial charge in [0, 0.05) is 30.1 Å². The summed E-state index contributed by atoms with van der Waals surface area (Å²) in [6.07, 6.45) is 9.09. The van der Waals surface area contributed by atoms with Crippen LogP contribution in [-0.2, 0) is 4.79 Å². The summed E-state index contributed by atoms with van der Waals surface area (Å²) in [5.41, 5.74) is 1.78. The summed E-state index contributed by atoms with van der Waals surface area (Å²) in [5.74, 6) is 0.0327. The lowest BCUT2D eigenvalue weighted by Crippen LogP contribution is -2.26. The second kappa shape index (κ2) is 4.53. The molecular formula is C15H13NO2. The van der Waals surface area contributed by atoms with Crippen molar-refractivity contribution in [1.82, 2.24) is 4.90 Å². The number of rotatable bonds is 2. The molecule has 3 heteroatoms. The minimum Gasteiger partial charge on any atom is -0.464 e. The molecule has 0 spiro atoms. The highest BCUT2D eigenvalue weighted by atomic mass is 16.3. The van der Waals surface area contributed by atoms with Crippen LogP contribution in [0.25, 0.3) is 17.0 Å². The maximum Gasteiger partial charge on any atom is 0.247 e. The molecular weight excluding hydrogens is 226 g/mol. The van der Waals surface area contributed by atoms with E-state index in [0.29, 0.717) is 13.1 Å². The molecule has 0 saturated carbocycles. The summed E-state index contributed by atoms with van der Waals surface area (Å²) in [7, 11) is 0. The lowest BCUT2D eigenvalue weighted by atomic mass is 10.1. The highest BCUT2D eigenvalue weighted by Crippen LogP contribution is 2.21. The number of para-hydroxylation sites is 1. The highest BCUT2D eigenvalue weighted by Gasteiger charge is 2.11. The van der Waals surface area contributed by atoms with E-state index in [9.17, 15) is 4.79 Å². The molecule has 0 atom stereocenters. The van der Waals surface area contributed by atoms with Crippen LogP contribution in [0.2, 0.25) is 0 Å². The fourth-order valence-electron chi connectivity index (χ4n) is 2.05. The molecule has 1 aromatic carbocycles. The van der Waals surface area contributed by atoms with Crippen LogP contribution in [0.3, 0.4) is 0 Å². The smallest absolute Gasteiger partial charge is 0.247 e. The summed E-state index contributed by atoms with van der Waals surface area (Å²) in [5, 5.41) is 1.03. The molecule has 18 heavy (non-hydrogen) atoms. The first-order valence-electron chi connectivity index (χ1n) is 5.93. The number of carbonyl (C=O) groups excluding carboxylic acids is 1. The minimum atomic E-state index is 0.0327. The Hall–Kier alpha value is -2.29.